The molecule has 0 saturated heterocycles. The smallest absolute Gasteiger partial charge is 0.332 e. The van der Waals surface area contributed by atoms with Crippen LogP contribution in [0.5, 0.6) is 0 Å². The first-order valence-electron chi connectivity index (χ1n) is 7.44. The fourth-order valence-electron chi connectivity index (χ4n) is 2.37. The van der Waals surface area contributed by atoms with E-state index in [9.17, 15) is 13.2 Å². The number of nitrogens with one attached hydrogen (secondary N) is 3. The number of hydrogen-bond acceptors (Lipinski definition) is 2. The molecule has 0 unspecified atom stereocenters. The van der Waals surface area contributed by atoms with E-state index in [0.29, 0.717) is 5.95 Å². The topological polar surface area (TPSA) is 52.7 Å². The van der Waals surface area contributed by atoms with Crippen LogP contribution in [0.2, 0.25) is 0 Å². The average molecular weight is 364 g/mol. The van der Waals surface area contributed by atoms with Crippen molar-refractivity contribution in [3.05, 3.63) is 53.1 Å². The molecule has 0 atom stereocenters. The van der Waals surface area contributed by atoms with Gasteiger partial charge in [-0.1, -0.05) is 6.07 Å². The van der Waals surface area contributed by atoms with Crippen LogP contribution >= 0.6 is 12.2 Å². The number of nitrogens with zero attached hydrogens (tertiary/aromatic N) is 1. The molecule has 1 aromatic heterocycles. The Kier molecular flexibility index (Phi) is 4.38. The number of halogens is 3. The van der Waals surface area contributed by atoms with Crippen molar-refractivity contribution in [3.8, 4) is 0 Å². The van der Waals surface area contributed by atoms with Gasteiger partial charge in [0, 0.05) is 5.69 Å². The number of anilines is 2. The van der Waals surface area contributed by atoms with Crippen LogP contribution in [0.15, 0.2) is 36.4 Å². The van der Waals surface area contributed by atoms with Crippen molar-refractivity contribution in [2.24, 2.45) is 0 Å². The van der Waals surface area contributed by atoms with Gasteiger partial charge in [0.25, 0.3) is 0 Å². The Balaban J connectivity index is 1.75. The summed E-state index contributed by atoms with van der Waals surface area (Å²) in [5.41, 5.74) is 3.40. The molecule has 3 aromatic rings. The van der Waals surface area contributed by atoms with Gasteiger partial charge in [-0.05, 0) is 67.5 Å². The molecule has 8 heteroatoms. The maximum atomic E-state index is 12.7. The molecule has 0 amide bonds. The molecule has 0 aliphatic rings. The molecule has 0 saturated carbocycles. The molecule has 0 aliphatic carbocycles. The summed E-state index contributed by atoms with van der Waals surface area (Å²) in [5.74, 6) is 0.421. The van der Waals surface area contributed by atoms with Gasteiger partial charge in [-0.2, -0.15) is 13.2 Å². The molecule has 25 heavy (non-hydrogen) atoms. The molecule has 130 valence electrons. The molecule has 3 N–H and O–H groups in total. The van der Waals surface area contributed by atoms with Crippen molar-refractivity contribution in [1.29, 1.82) is 0 Å². The van der Waals surface area contributed by atoms with Crippen molar-refractivity contribution in [1.82, 2.24) is 9.97 Å². The van der Waals surface area contributed by atoms with Gasteiger partial charge in [0.2, 0.25) is 5.95 Å². The molecule has 0 fully saturated rings. The third-order valence-corrected chi connectivity index (χ3v) is 3.98. The van der Waals surface area contributed by atoms with Crippen molar-refractivity contribution < 1.29 is 13.2 Å². The lowest BCUT2D eigenvalue weighted by molar-refractivity contribution is -0.137. The zero-order valence-corrected chi connectivity index (χ0v) is 14.3. The van der Waals surface area contributed by atoms with Crippen LogP contribution in [0.3, 0.4) is 0 Å². The lowest BCUT2D eigenvalue weighted by atomic mass is 10.1. The Morgan fingerprint density at radius 3 is 2.52 bits per heavy atom. The zero-order chi connectivity index (χ0) is 18.2. The summed E-state index contributed by atoms with van der Waals surface area (Å²) in [5, 5.41) is 5.72. The summed E-state index contributed by atoms with van der Waals surface area (Å²) in [4.78, 5) is 7.47. The van der Waals surface area contributed by atoms with E-state index in [-0.39, 0.29) is 10.8 Å². The fraction of sp³-hybridized carbons (Fsp3) is 0.176. The van der Waals surface area contributed by atoms with Gasteiger partial charge in [0.15, 0.2) is 5.11 Å². The van der Waals surface area contributed by atoms with E-state index in [0.717, 1.165) is 34.3 Å². The second-order valence-corrected chi connectivity index (χ2v) is 6.10. The Bertz CT molecular complexity index is 908. The van der Waals surface area contributed by atoms with Gasteiger partial charge in [-0.3, -0.25) is 0 Å². The van der Waals surface area contributed by atoms with Gasteiger partial charge in [-0.15, -0.1) is 0 Å². The molecule has 0 spiro atoms. The Hall–Kier alpha value is -2.61. The summed E-state index contributed by atoms with van der Waals surface area (Å²) < 4.78 is 38.2. The minimum Gasteiger partial charge on any atom is -0.332 e. The van der Waals surface area contributed by atoms with Crippen molar-refractivity contribution in [3.63, 3.8) is 0 Å². The van der Waals surface area contributed by atoms with E-state index in [2.05, 4.69) is 20.6 Å². The number of rotatable bonds is 2. The van der Waals surface area contributed by atoms with Crippen LogP contribution in [-0.2, 0) is 6.18 Å². The lowest BCUT2D eigenvalue weighted by Gasteiger charge is -2.11. The average Bonchev–Trinajstić information content (AvgIpc) is 2.88. The van der Waals surface area contributed by atoms with Gasteiger partial charge >= 0.3 is 6.18 Å². The summed E-state index contributed by atoms with van der Waals surface area (Å²) in [6.45, 7) is 4.00. The van der Waals surface area contributed by atoms with E-state index < -0.39 is 11.7 Å². The van der Waals surface area contributed by atoms with Crippen LogP contribution in [0.25, 0.3) is 11.0 Å². The first-order chi connectivity index (χ1) is 11.7. The Labute approximate surface area is 147 Å². The fourth-order valence-corrected chi connectivity index (χ4v) is 2.59. The van der Waals surface area contributed by atoms with E-state index in [1.807, 2.05) is 26.0 Å². The minimum absolute atomic E-state index is 0.145. The third kappa shape index (κ3) is 3.90. The second-order valence-electron chi connectivity index (χ2n) is 5.70. The van der Waals surface area contributed by atoms with Crippen LogP contribution < -0.4 is 10.6 Å². The van der Waals surface area contributed by atoms with Gasteiger partial charge in [-0.25, -0.2) is 4.98 Å². The monoisotopic (exact) mass is 364 g/mol. The number of imidazole rings is 1. The van der Waals surface area contributed by atoms with E-state index in [1.165, 1.54) is 12.1 Å². The van der Waals surface area contributed by atoms with E-state index in [1.54, 1.807) is 0 Å². The number of thiocarbonyl (C=S) groups is 1. The summed E-state index contributed by atoms with van der Waals surface area (Å²) in [6, 6.07) is 8.77. The maximum Gasteiger partial charge on any atom is 0.416 e. The number of aromatic amines is 1. The molecular weight excluding hydrogens is 349 g/mol. The predicted molar refractivity (Wildman–Crippen MR) is 96.9 cm³/mol. The van der Waals surface area contributed by atoms with Crippen molar-refractivity contribution in [2.45, 2.75) is 20.0 Å². The molecule has 0 aliphatic heterocycles. The minimum atomic E-state index is -4.40. The number of benzene rings is 2. The number of alkyl halides is 3. The van der Waals surface area contributed by atoms with Crippen molar-refractivity contribution in [2.75, 3.05) is 10.6 Å². The molecule has 3 rings (SSSR count). The van der Waals surface area contributed by atoms with Crippen molar-refractivity contribution >= 4 is 40.0 Å². The summed E-state index contributed by atoms with van der Waals surface area (Å²) in [6.07, 6.45) is -4.40. The zero-order valence-electron chi connectivity index (χ0n) is 13.5. The molecular formula is C17H15F3N4S. The molecule has 2 aromatic carbocycles. The number of H-pyrrole nitrogens is 1. The number of aryl methyl sites for hydroxylation is 2. The van der Waals surface area contributed by atoms with Crippen LogP contribution in [0, 0.1) is 13.8 Å². The molecule has 4 nitrogen and oxygen atoms in total. The lowest BCUT2D eigenvalue weighted by Crippen LogP contribution is -2.20. The Morgan fingerprint density at radius 1 is 1.08 bits per heavy atom. The SMILES string of the molecule is Cc1cc2nc(NC(=S)Nc3cccc(C(F)(F)F)c3)[nH]c2cc1C. The normalized spacial score (nSPS) is 11.6. The first kappa shape index (κ1) is 17.2. The molecule has 0 radical (unpaired) electrons. The maximum absolute atomic E-state index is 12.7. The number of aromatic nitrogens is 2. The quantitative estimate of drug-likeness (QED) is 0.560. The highest BCUT2D eigenvalue weighted by atomic mass is 32.1. The predicted octanol–water partition coefficient (Wildman–Crippen LogP) is 5.01. The number of hydrogen-bond donors (Lipinski definition) is 3. The van der Waals surface area contributed by atoms with Crippen LogP contribution in [-0.4, -0.2) is 15.1 Å². The van der Waals surface area contributed by atoms with E-state index in [4.69, 9.17) is 12.2 Å². The first-order valence-corrected chi connectivity index (χ1v) is 7.85. The largest absolute Gasteiger partial charge is 0.416 e. The van der Waals surface area contributed by atoms with Gasteiger partial charge in [0.1, 0.15) is 0 Å². The van der Waals surface area contributed by atoms with Crippen LogP contribution in [0.4, 0.5) is 24.8 Å². The second kappa shape index (κ2) is 6.36. The number of fused-ring (bicyclic) bond motifs is 1. The summed E-state index contributed by atoms with van der Waals surface area (Å²) in [7, 11) is 0. The highest BCUT2D eigenvalue weighted by Crippen LogP contribution is 2.30. The van der Waals surface area contributed by atoms with Gasteiger partial charge < -0.3 is 15.6 Å². The molecule has 1 heterocycles. The molecule has 0 bridgehead atoms. The Morgan fingerprint density at radius 2 is 1.80 bits per heavy atom. The standard InChI is InChI=1S/C17H15F3N4S/c1-9-6-13-14(7-10(9)2)23-15(22-13)24-16(25)21-12-5-3-4-11(8-12)17(18,19)20/h3-8H,1-2H3,(H3,21,22,23,24,25). The summed E-state index contributed by atoms with van der Waals surface area (Å²) >= 11 is 5.15. The highest BCUT2D eigenvalue weighted by Gasteiger charge is 2.30. The van der Waals surface area contributed by atoms with Gasteiger partial charge in [0.05, 0.1) is 16.6 Å². The highest BCUT2D eigenvalue weighted by molar-refractivity contribution is 7.80. The third-order valence-electron chi connectivity index (χ3n) is 3.78. The van der Waals surface area contributed by atoms with Crippen LogP contribution in [0.1, 0.15) is 16.7 Å². The van der Waals surface area contributed by atoms with E-state index >= 15 is 0 Å².